The molecule has 2 heterocycles. The topological polar surface area (TPSA) is 108 Å². The van der Waals surface area contributed by atoms with Crippen LogP contribution in [0.4, 0.5) is 0 Å². The lowest BCUT2D eigenvalue weighted by Crippen LogP contribution is -2.70. The molecule has 2 amide bonds. The van der Waals surface area contributed by atoms with Crippen LogP contribution in [0.5, 0.6) is 0 Å². The number of fused-ring (bicyclic) bond motifs is 1. The van der Waals surface area contributed by atoms with Gasteiger partial charge in [0, 0.05) is 5.75 Å². The lowest BCUT2D eigenvalue weighted by atomic mass is 10.0. The maximum Gasteiger partial charge on any atom is 0.352 e. The predicted molar refractivity (Wildman–Crippen MR) is 100.0 cm³/mol. The molecule has 9 heteroatoms. The number of hydrogen-bond acceptors (Lipinski definition) is 6. The molecule has 1 aromatic rings. The van der Waals surface area contributed by atoms with Crippen molar-refractivity contribution in [3.05, 3.63) is 47.2 Å². The largest absolute Gasteiger partial charge is 0.477 e. The van der Waals surface area contributed by atoms with Crippen LogP contribution < -0.4 is 5.32 Å². The summed E-state index contributed by atoms with van der Waals surface area (Å²) in [6.07, 6.45) is 1.60. The number of β-lactam (4-membered cyclic amide) rings is 1. The average Bonchev–Trinajstić information content (AvgIpc) is 2.66. The van der Waals surface area contributed by atoms with Crippen molar-refractivity contribution in [2.24, 2.45) is 5.16 Å². The summed E-state index contributed by atoms with van der Waals surface area (Å²) in [5.41, 5.74) is 1.55. The zero-order valence-electron chi connectivity index (χ0n) is 14.6. The number of carboxylic acid groups (broad SMARTS) is 1. The summed E-state index contributed by atoms with van der Waals surface area (Å²) in [5.74, 6) is -1.35. The van der Waals surface area contributed by atoms with E-state index in [9.17, 15) is 19.5 Å². The van der Waals surface area contributed by atoms with Crippen LogP contribution in [0.25, 0.3) is 0 Å². The minimum Gasteiger partial charge on any atom is -0.477 e. The highest BCUT2D eigenvalue weighted by molar-refractivity contribution is 8.00. The Morgan fingerprint density at radius 1 is 1.41 bits per heavy atom. The van der Waals surface area contributed by atoms with E-state index in [1.165, 1.54) is 16.7 Å². The Morgan fingerprint density at radius 3 is 2.85 bits per heavy atom. The fraction of sp³-hybridized carbons (Fsp3) is 0.333. The molecule has 2 atom stereocenters. The summed E-state index contributed by atoms with van der Waals surface area (Å²) in [6.45, 7) is 1.77. The molecule has 0 aliphatic carbocycles. The monoisotopic (exact) mass is 389 g/mol. The van der Waals surface area contributed by atoms with Gasteiger partial charge in [-0.05, 0) is 18.1 Å². The van der Waals surface area contributed by atoms with E-state index >= 15 is 0 Å². The molecule has 1 fully saturated rings. The zero-order chi connectivity index (χ0) is 19.4. The third-order valence-corrected chi connectivity index (χ3v) is 5.60. The number of thioether (sulfide) groups is 1. The molecule has 0 spiro atoms. The molecule has 2 N–H and O–H groups in total. The lowest BCUT2D eigenvalue weighted by Gasteiger charge is -2.49. The molecule has 1 aromatic carbocycles. The normalized spacial score (nSPS) is 21.7. The van der Waals surface area contributed by atoms with Gasteiger partial charge in [0.25, 0.3) is 5.91 Å². The van der Waals surface area contributed by atoms with Gasteiger partial charge in [-0.15, -0.1) is 11.8 Å². The van der Waals surface area contributed by atoms with Gasteiger partial charge in [0.1, 0.15) is 23.7 Å². The molecule has 2 aliphatic heterocycles. The Balaban J connectivity index is 1.45. The van der Waals surface area contributed by atoms with Gasteiger partial charge < -0.3 is 15.3 Å². The first kappa shape index (κ1) is 19.0. The minimum atomic E-state index is -1.12. The first-order valence-corrected chi connectivity index (χ1v) is 9.41. The molecule has 2 aliphatic rings. The molecule has 0 bridgehead atoms. The first-order chi connectivity index (χ1) is 13.0. The van der Waals surface area contributed by atoms with Crippen molar-refractivity contribution in [3.63, 3.8) is 0 Å². The van der Waals surface area contributed by atoms with Gasteiger partial charge in [0.05, 0.1) is 12.6 Å². The maximum absolute atomic E-state index is 12.3. The molecule has 2 unspecified atom stereocenters. The number of benzene rings is 1. The second kappa shape index (κ2) is 8.26. The van der Waals surface area contributed by atoms with Crippen molar-refractivity contribution < 1.29 is 24.3 Å². The number of aliphatic carboxylic acids is 1. The van der Waals surface area contributed by atoms with Crippen molar-refractivity contribution >= 4 is 35.8 Å². The number of oxime groups is 1. The second-order valence-electron chi connectivity index (χ2n) is 6.12. The fourth-order valence-electron chi connectivity index (χ4n) is 2.85. The Hall–Kier alpha value is -2.81. The highest BCUT2D eigenvalue weighted by Crippen LogP contribution is 2.40. The first-order valence-electron chi connectivity index (χ1n) is 8.36. The molecule has 0 radical (unpaired) electrons. The van der Waals surface area contributed by atoms with E-state index in [0.29, 0.717) is 11.3 Å². The minimum absolute atomic E-state index is 0.0211. The standard InChI is InChI=1S/C18H19N3O5S/c1-11-10-27-17-14(16(23)21(17)15(11)18(24)25)20-13(22)7-8-26-19-9-12-5-3-2-4-6-12/h2-6,9,14,17H,7-8,10H2,1H3,(H,20,22)(H,24,25)/b19-9-. The number of nitrogens with zero attached hydrogens (tertiary/aromatic N) is 2. The summed E-state index contributed by atoms with van der Waals surface area (Å²) in [4.78, 5) is 42.0. The van der Waals surface area contributed by atoms with Crippen LogP contribution in [0, 0.1) is 0 Å². The number of carbonyl (C=O) groups excluding carboxylic acids is 2. The number of hydrogen-bond donors (Lipinski definition) is 2. The van der Waals surface area contributed by atoms with E-state index in [0.717, 1.165) is 5.56 Å². The zero-order valence-corrected chi connectivity index (χ0v) is 15.4. The van der Waals surface area contributed by atoms with Crippen LogP contribution in [-0.2, 0) is 19.2 Å². The summed E-state index contributed by atoms with van der Waals surface area (Å²) in [5, 5.41) is 15.3. The fourth-order valence-corrected chi connectivity index (χ4v) is 4.14. The Labute approximate surface area is 160 Å². The molecular weight excluding hydrogens is 370 g/mol. The molecule has 0 aromatic heterocycles. The van der Waals surface area contributed by atoms with E-state index in [2.05, 4.69) is 10.5 Å². The van der Waals surface area contributed by atoms with Gasteiger partial charge in [-0.2, -0.15) is 0 Å². The van der Waals surface area contributed by atoms with Gasteiger partial charge in [0.2, 0.25) is 5.91 Å². The van der Waals surface area contributed by atoms with Crippen molar-refractivity contribution in [1.82, 2.24) is 10.2 Å². The number of nitrogens with one attached hydrogen (secondary N) is 1. The Bertz CT molecular complexity index is 808. The van der Waals surface area contributed by atoms with E-state index in [1.54, 1.807) is 13.1 Å². The summed E-state index contributed by atoms with van der Waals surface area (Å²) in [6, 6.07) is 8.69. The van der Waals surface area contributed by atoms with Gasteiger partial charge in [-0.1, -0.05) is 35.5 Å². The van der Waals surface area contributed by atoms with Gasteiger partial charge >= 0.3 is 5.97 Å². The number of rotatable bonds is 7. The third kappa shape index (κ3) is 4.13. The van der Waals surface area contributed by atoms with Gasteiger partial charge in [0.15, 0.2) is 0 Å². The molecule has 3 rings (SSSR count). The Kier molecular flexibility index (Phi) is 5.80. The molecule has 8 nitrogen and oxygen atoms in total. The molecule has 0 saturated carbocycles. The van der Waals surface area contributed by atoms with Crippen LogP contribution in [0.15, 0.2) is 46.8 Å². The smallest absolute Gasteiger partial charge is 0.352 e. The lowest BCUT2D eigenvalue weighted by molar-refractivity contribution is -0.150. The van der Waals surface area contributed by atoms with Gasteiger partial charge in [-0.25, -0.2) is 4.79 Å². The molecule has 142 valence electrons. The number of amides is 2. The summed E-state index contributed by atoms with van der Waals surface area (Å²) >= 11 is 1.44. The van der Waals surface area contributed by atoms with E-state index in [1.807, 2.05) is 30.3 Å². The van der Waals surface area contributed by atoms with E-state index in [4.69, 9.17) is 4.84 Å². The van der Waals surface area contributed by atoms with Crippen molar-refractivity contribution in [3.8, 4) is 0 Å². The maximum atomic E-state index is 12.3. The molecular formula is C18H19N3O5S. The van der Waals surface area contributed by atoms with Crippen molar-refractivity contribution in [2.75, 3.05) is 12.4 Å². The van der Waals surface area contributed by atoms with Crippen molar-refractivity contribution in [1.29, 1.82) is 0 Å². The highest BCUT2D eigenvalue weighted by Gasteiger charge is 2.53. The second-order valence-corrected chi connectivity index (χ2v) is 7.22. The number of carboxylic acids is 1. The molecule has 27 heavy (non-hydrogen) atoms. The predicted octanol–water partition coefficient (Wildman–Crippen LogP) is 1.19. The Morgan fingerprint density at radius 2 is 2.15 bits per heavy atom. The van der Waals surface area contributed by atoms with Crippen LogP contribution in [-0.4, -0.2) is 57.8 Å². The van der Waals surface area contributed by atoms with E-state index < -0.39 is 17.9 Å². The van der Waals surface area contributed by atoms with Crippen molar-refractivity contribution in [2.45, 2.75) is 24.8 Å². The quantitative estimate of drug-likeness (QED) is 0.314. The average molecular weight is 389 g/mol. The van der Waals surface area contributed by atoms with Crippen LogP contribution in [0.2, 0.25) is 0 Å². The van der Waals surface area contributed by atoms with Crippen LogP contribution in [0.1, 0.15) is 18.9 Å². The summed E-state index contributed by atoms with van der Waals surface area (Å²) in [7, 11) is 0. The third-order valence-electron chi connectivity index (χ3n) is 4.17. The highest BCUT2D eigenvalue weighted by atomic mass is 32.2. The van der Waals surface area contributed by atoms with Gasteiger partial charge in [-0.3, -0.25) is 14.5 Å². The van der Waals surface area contributed by atoms with E-state index in [-0.39, 0.29) is 30.0 Å². The van der Waals surface area contributed by atoms with Crippen LogP contribution in [0.3, 0.4) is 0 Å². The molecule has 1 saturated heterocycles. The van der Waals surface area contributed by atoms with Crippen LogP contribution >= 0.6 is 11.8 Å². The SMILES string of the molecule is CC1=C(C(=O)O)N2C(=O)C(NC(=O)CCO/N=C\c3ccccc3)C2SC1. The summed E-state index contributed by atoms with van der Waals surface area (Å²) < 4.78 is 0. The number of carbonyl (C=O) groups is 3.